The molecule has 0 aliphatic heterocycles. The second-order valence-corrected chi connectivity index (χ2v) is 4.80. The number of hydrogen-bond donors (Lipinski definition) is 2. The van der Waals surface area contributed by atoms with Crippen molar-refractivity contribution in [2.45, 2.75) is 0 Å². The first-order chi connectivity index (χ1) is 9.52. The Kier molecular flexibility index (Phi) is 4.37. The van der Waals surface area contributed by atoms with Gasteiger partial charge in [-0.1, -0.05) is 29.3 Å². The molecule has 0 radical (unpaired) electrons. The van der Waals surface area contributed by atoms with Gasteiger partial charge in [-0.2, -0.15) is 0 Å². The molecule has 0 bridgehead atoms. The number of halogens is 2. The molecule has 3 N–H and O–H groups in total. The Morgan fingerprint density at radius 1 is 1.25 bits per heavy atom. The fourth-order valence-electron chi connectivity index (χ4n) is 1.69. The van der Waals surface area contributed by atoms with Gasteiger partial charge in [0.15, 0.2) is 0 Å². The SMILES string of the molecule is COc1ccc(NC(=O)c2cccc(Cl)c2Cl)cc1N. The molecule has 0 aliphatic carbocycles. The van der Waals surface area contributed by atoms with Gasteiger partial charge in [0.05, 0.1) is 28.4 Å². The van der Waals surface area contributed by atoms with Crippen molar-refractivity contribution in [2.24, 2.45) is 0 Å². The van der Waals surface area contributed by atoms with Crippen LogP contribution in [0.1, 0.15) is 10.4 Å². The molecule has 0 unspecified atom stereocenters. The van der Waals surface area contributed by atoms with E-state index in [0.29, 0.717) is 27.7 Å². The van der Waals surface area contributed by atoms with Crippen LogP contribution in [0.2, 0.25) is 10.0 Å². The van der Waals surface area contributed by atoms with E-state index in [4.69, 9.17) is 33.7 Å². The number of carbonyl (C=O) groups excluding carboxylic acids is 1. The predicted molar refractivity (Wildman–Crippen MR) is 81.8 cm³/mol. The topological polar surface area (TPSA) is 64.3 Å². The number of anilines is 2. The summed E-state index contributed by atoms with van der Waals surface area (Å²) in [4.78, 5) is 12.1. The van der Waals surface area contributed by atoms with Crippen molar-refractivity contribution in [1.29, 1.82) is 0 Å². The molecule has 0 fully saturated rings. The lowest BCUT2D eigenvalue weighted by Crippen LogP contribution is -2.12. The van der Waals surface area contributed by atoms with Gasteiger partial charge in [-0.25, -0.2) is 0 Å². The Morgan fingerprint density at radius 2 is 2.00 bits per heavy atom. The maximum Gasteiger partial charge on any atom is 0.257 e. The molecule has 0 saturated heterocycles. The van der Waals surface area contributed by atoms with Crippen molar-refractivity contribution in [3.63, 3.8) is 0 Å². The van der Waals surface area contributed by atoms with Crippen LogP contribution in [0, 0.1) is 0 Å². The molecule has 104 valence electrons. The molecule has 0 atom stereocenters. The van der Waals surface area contributed by atoms with Gasteiger partial charge in [0.25, 0.3) is 5.91 Å². The first-order valence-corrected chi connectivity index (χ1v) is 6.47. The third-order valence-corrected chi connectivity index (χ3v) is 3.50. The second kappa shape index (κ2) is 6.03. The molecule has 6 heteroatoms. The van der Waals surface area contributed by atoms with Crippen LogP contribution < -0.4 is 15.8 Å². The number of amides is 1. The maximum absolute atomic E-state index is 12.1. The van der Waals surface area contributed by atoms with Gasteiger partial charge in [-0.15, -0.1) is 0 Å². The number of benzene rings is 2. The van der Waals surface area contributed by atoms with Gasteiger partial charge in [-0.3, -0.25) is 4.79 Å². The number of ether oxygens (including phenoxy) is 1. The summed E-state index contributed by atoms with van der Waals surface area (Å²) in [5.74, 6) is 0.186. The minimum atomic E-state index is -0.359. The summed E-state index contributed by atoms with van der Waals surface area (Å²) in [6.07, 6.45) is 0. The van der Waals surface area contributed by atoms with E-state index in [2.05, 4.69) is 5.32 Å². The lowest BCUT2D eigenvalue weighted by molar-refractivity contribution is 0.102. The van der Waals surface area contributed by atoms with Gasteiger partial charge in [0.1, 0.15) is 5.75 Å². The van der Waals surface area contributed by atoms with Crippen molar-refractivity contribution in [3.05, 3.63) is 52.0 Å². The number of nitrogens with one attached hydrogen (secondary N) is 1. The summed E-state index contributed by atoms with van der Waals surface area (Å²) in [6.45, 7) is 0. The summed E-state index contributed by atoms with van der Waals surface area (Å²) >= 11 is 11.9. The smallest absolute Gasteiger partial charge is 0.257 e. The zero-order valence-electron chi connectivity index (χ0n) is 10.6. The van der Waals surface area contributed by atoms with E-state index >= 15 is 0 Å². The van der Waals surface area contributed by atoms with Crippen molar-refractivity contribution in [2.75, 3.05) is 18.2 Å². The van der Waals surface area contributed by atoms with Gasteiger partial charge < -0.3 is 15.8 Å². The molecular weight excluding hydrogens is 299 g/mol. The second-order valence-electron chi connectivity index (χ2n) is 4.01. The van der Waals surface area contributed by atoms with Crippen molar-refractivity contribution >= 4 is 40.5 Å². The van der Waals surface area contributed by atoms with Crippen LogP contribution in [0.4, 0.5) is 11.4 Å². The highest BCUT2D eigenvalue weighted by atomic mass is 35.5. The van der Waals surface area contributed by atoms with Crippen LogP contribution in [-0.4, -0.2) is 13.0 Å². The summed E-state index contributed by atoms with van der Waals surface area (Å²) in [5, 5.41) is 3.24. The molecule has 2 rings (SSSR count). The summed E-state index contributed by atoms with van der Waals surface area (Å²) in [6, 6.07) is 9.83. The number of nitrogens with two attached hydrogens (primary N) is 1. The molecule has 2 aromatic carbocycles. The molecule has 4 nitrogen and oxygen atoms in total. The minimum Gasteiger partial charge on any atom is -0.495 e. The van der Waals surface area contributed by atoms with E-state index in [1.54, 1.807) is 36.4 Å². The highest BCUT2D eigenvalue weighted by Crippen LogP contribution is 2.28. The van der Waals surface area contributed by atoms with Gasteiger partial charge >= 0.3 is 0 Å². The van der Waals surface area contributed by atoms with Crippen molar-refractivity contribution < 1.29 is 9.53 Å². The zero-order valence-corrected chi connectivity index (χ0v) is 12.1. The Hall–Kier alpha value is -1.91. The highest BCUT2D eigenvalue weighted by Gasteiger charge is 2.13. The molecule has 0 saturated carbocycles. The standard InChI is InChI=1S/C14H12Cl2N2O2/c1-20-12-6-5-8(7-11(12)17)18-14(19)9-3-2-4-10(15)13(9)16/h2-7H,17H2,1H3,(H,18,19). The highest BCUT2D eigenvalue weighted by molar-refractivity contribution is 6.44. The van der Waals surface area contributed by atoms with E-state index in [-0.39, 0.29) is 10.9 Å². The lowest BCUT2D eigenvalue weighted by atomic mass is 10.2. The average Bonchev–Trinajstić information content (AvgIpc) is 2.42. The quantitative estimate of drug-likeness (QED) is 0.847. The van der Waals surface area contributed by atoms with E-state index in [9.17, 15) is 4.79 Å². The van der Waals surface area contributed by atoms with Crippen LogP contribution in [-0.2, 0) is 0 Å². The average molecular weight is 311 g/mol. The zero-order chi connectivity index (χ0) is 14.7. The fraction of sp³-hybridized carbons (Fsp3) is 0.0714. The first-order valence-electron chi connectivity index (χ1n) is 5.72. The number of hydrogen-bond acceptors (Lipinski definition) is 3. The maximum atomic E-state index is 12.1. The van der Waals surface area contributed by atoms with Crippen molar-refractivity contribution in [3.8, 4) is 5.75 Å². The van der Waals surface area contributed by atoms with E-state index in [1.807, 2.05) is 0 Å². The molecule has 0 aliphatic rings. The monoisotopic (exact) mass is 310 g/mol. The summed E-state index contributed by atoms with van der Waals surface area (Å²) < 4.78 is 5.05. The van der Waals surface area contributed by atoms with Crippen LogP contribution in [0.5, 0.6) is 5.75 Å². The van der Waals surface area contributed by atoms with Crippen LogP contribution in [0.15, 0.2) is 36.4 Å². The van der Waals surface area contributed by atoms with E-state index in [0.717, 1.165) is 0 Å². The van der Waals surface area contributed by atoms with Gasteiger partial charge in [0.2, 0.25) is 0 Å². The Labute approximate surface area is 126 Å². The largest absolute Gasteiger partial charge is 0.495 e. The molecular formula is C14H12Cl2N2O2. The number of carbonyl (C=O) groups is 1. The lowest BCUT2D eigenvalue weighted by Gasteiger charge is -2.10. The number of rotatable bonds is 3. The van der Waals surface area contributed by atoms with E-state index < -0.39 is 0 Å². The van der Waals surface area contributed by atoms with Crippen LogP contribution in [0.3, 0.4) is 0 Å². The predicted octanol–water partition coefficient (Wildman–Crippen LogP) is 3.84. The third-order valence-electron chi connectivity index (χ3n) is 2.68. The Balaban J connectivity index is 2.24. The van der Waals surface area contributed by atoms with E-state index in [1.165, 1.54) is 7.11 Å². The molecule has 0 spiro atoms. The van der Waals surface area contributed by atoms with Crippen molar-refractivity contribution in [1.82, 2.24) is 0 Å². The van der Waals surface area contributed by atoms with Gasteiger partial charge in [0, 0.05) is 5.69 Å². The first kappa shape index (κ1) is 14.5. The fourth-order valence-corrected chi connectivity index (χ4v) is 2.08. The number of methoxy groups -OCH3 is 1. The Morgan fingerprint density at radius 3 is 2.65 bits per heavy atom. The van der Waals surface area contributed by atoms with Crippen LogP contribution >= 0.6 is 23.2 Å². The van der Waals surface area contributed by atoms with Gasteiger partial charge in [-0.05, 0) is 30.3 Å². The molecule has 2 aromatic rings. The molecule has 20 heavy (non-hydrogen) atoms. The Bertz CT molecular complexity index is 660. The normalized spacial score (nSPS) is 10.2. The third kappa shape index (κ3) is 2.98. The number of nitrogen functional groups attached to an aromatic ring is 1. The van der Waals surface area contributed by atoms with Crippen LogP contribution in [0.25, 0.3) is 0 Å². The minimum absolute atomic E-state index is 0.216. The molecule has 0 aromatic heterocycles. The molecule has 1 amide bonds. The molecule has 0 heterocycles. The summed E-state index contributed by atoms with van der Waals surface area (Å²) in [5.41, 5.74) is 7.05. The summed E-state index contributed by atoms with van der Waals surface area (Å²) in [7, 11) is 1.52.